The number of pyridine rings is 1. The summed E-state index contributed by atoms with van der Waals surface area (Å²) in [5, 5.41) is 5.70. The predicted molar refractivity (Wildman–Crippen MR) is 146 cm³/mol. The number of aromatic nitrogens is 3. The van der Waals surface area contributed by atoms with Gasteiger partial charge in [0.25, 0.3) is 11.8 Å². The van der Waals surface area contributed by atoms with Crippen LogP contribution in [0.25, 0.3) is 11.6 Å². The zero-order valence-corrected chi connectivity index (χ0v) is 22.7. The summed E-state index contributed by atoms with van der Waals surface area (Å²) >= 11 is 4.80. The van der Waals surface area contributed by atoms with E-state index in [0.717, 1.165) is 21.6 Å². The quantitative estimate of drug-likeness (QED) is 0.0942. The van der Waals surface area contributed by atoms with Crippen LogP contribution in [-0.4, -0.2) is 38.7 Å². The highest BCUT2D eigenvalue weighted by molar-refractivity contribution is 9.11. The lowest BCUT2D eigenvalue weighted by Gasteiger charge is -2.18. The predicted octanol–water partition coefficient (Wildman–Crippen LogP) is 5.26. The van der Waals surface area contributed by atoms with Gasteiger partial charge in [-0.25, -0.2) is 15.0 Å². The Hall–Kier alpha value is -3.83. The molecule has 0 aliphatic carbocycles. The summed E-state index contributed by atoms with van der Waals surface area (Å²) in [7, 11) is 1.70. The van der Waals surface area contributed by atoms with E-state index in [-0.39, 0.29) is 29.3 Å². The second-order valence-electron chi connectivity index (χ2n) is 8.31. The number of rotatable bonds is 9. The van der Waals surface area contributed by atoms with Crippen molar-refractivity contribution < 1.29 is 13.9 Å². The van der Waals surface area contributed by atoms with Crippen molar-refractivity contribution in [3.8, 4) is 11.6 Å². The fourth-order valence-corrected chi connectivity index (χ4v) is 4.60. The maximum absolute atomic E-state index is 13.4. The maximum Gasteiger partial charge on any atom is 0.261 e. The molecule has 0 bridgehead atoms. The van der Waals surface area contributed by atoms with Crippen LogP contribution < -0.4 is 5.84 Å². The number of nitrogens with two attached hydrogens (primary N) is 1. The molecule has 0 spiro atoms. The van der Waals surface area contributed by atoms with Crippen molar-refractivity contribution in [2.75, 3.05) is 7.05 Å². The molecule has 4 aromatic rings. The average Bonchev–Trinajstić information content (AvgIpc) is 3.59. The van der Waals surface area contributed by atoms with E-state index in [4.69, 9.17) is 15.0 Å². The first-order chi connectivity index (χ1) is 17.8. The van der Waals surface area contributed by atoms with Gasteiger partial charge in [-0.1, -0.05) is 43.8 Å². The van der Waals surface area contributed by atoms with Gasteiger partial charge in [-0.05, 0) is 40.0 Å². The lowest BCUT2D eigenvalue weighted by molar-refractivity contribution is 0.0783. The van der Waals surface area contributed by atoms with Gasteiger partial charge >= 0.3 is 0 Å². The van der Waals surface area contributed by atoms with E-state index >= 15 is 0 Å². The highest BCUT2D eigenvalue weighted by atomic mass is 79.9. The molecule has 0 saturated heterocycles. The number of halogens is 1. The largest absolute Gasteiger partial charge is 0.443 e. The second-order valence-corrected chi connectivity index (χ2v) is 10.4. The van der Waals surface area contributed by atoms with Crippen LogP contribution in [0.15, 0.2) is 86.1 Å². The highest BCUT2D eigenvalue weighted by Gasteiger charge is 2.21. The topological polar surface area (TPSA) is 120 Å². The lowest BCUT2D eigenvalue weighted by Crippen LogP contribution is -2.27. The van der Waals surface area contributed by atoms with Crippen LogP contribution in [0.3, 0.4) is 0 Å². The Morgan fingerprint density at radius 1 is 1.30 bits per heavy atom. The van der Waals surface area contributed by atoms with E-state index < -0.39 is 0 Å². The highest BCUT2D eigenvalue weighted by Crippen LogP contribution is 2.23. The van der Waals surface area contributed by atoms with Gasteiger partial charge in [0, 0.05) is 23.9 Å². The van der Waals surface area contributed by atoms with Gasteiger partial charge in [-0.2, -0.15) is 0 Å². The third-order valence-electron chi connectivity index (χ3n) is 5.49. The molecule has 0 fully saturated rings. The van der Waals surface area contributed by atoms with Gasteiger partial charge in [-0.15, -0.1) is 16.4 Å². The molecule has 37 heavy (non-hydrogen) atoms. The third-order valence-corrected chi connectivity index (χ3v) is 6.91. The monoisotopic (exact) mass is 580 g/mol. The van der Waals surface area contributed by atoms with Crippen molar-refractivity contribution in [1.29, 1.82) is 0 Å². The molecule has 1 amide bonds. The van der Waals surface area contributed by atoms with Gasteiger partial charge in [0.2, 0.25) is 5.89 Å². The first-order valence-electron chi connectivity index (χ1n) is 11.3. The van der Waals surface area contributed by atoms with Crippen LogP contribution in [0.2, 0.25) is 0 Å². The first kappa shape index (κ1) is 26.2. The summed E-state index contributed by atoms with van der Waals surface area (Å²) in [6, 6.07) is 13.2. The number of benzene rings is 1. The lowest BCUT2D eigenvalue weighted by atomic mass is 10.00. The van der Waals surface area contributed by atoms with Crippen LogP contribution in [0.1, 0.15) is 34.2 Å². The number of hydrazone groups is 1. The van der Waals surface area contributed by atoms with Crippen molar-refractivity contribution in [2.24, 2.45) is 16.9 Å². The number of ether oxygens (including phenoxy) is 1. The molecule has 0 saturated carbocycles. The van der Waals surface area contributed by atoms with Crippen LogP contribution >= 0.6 is 27.3 Å². The second kappa shape index (κ2) is 11.9. The summed E-state index contributed by atoms with van der Waals surface area (Å²) in [4.78, 5) is 28.0. The van der Waals surface area contributed by atoms with E-state index in [2.05, 4.69) is 42.6 Å². The molecule has 9 nitrogen and oxygen atoms in total. The molecule has 3 heterocycles. The number of amides is 1. The molecular weight excluding hydrogens is 556 g/mol. The van der Waals surface area contributed by atoms with Gasteiger partial charge in [0.1, 0.15) is 23.4 Å². The number of nitrogens with zero attached hydrogens (tertiary/aromatic N) is 5. The molecule has 2 N–H and O–H groups in total. The Labute approximate surface area is 226 Å². The fraction of sp³-hybridized carbons (Fsp3) is 0.192. The van der Waals surface area contributed by atoms with Crippen LogP contribution in [0.5, 0.6) is 0 Å². The van der Waals surface area contributed by atoms with Crippen molar-refractivity contribution in [2.45, 2.75) is 19.9 Å². The molecule has 0 aliphatic rings. The first-order valence-corrected chi connectivity index (χ1v) is 13.0. The number of hydrogen-bond acceptors (Lipinski definition) is 9. The molecule has 0 radical (unpaired) electrons. The molecule has 1 atom stereocenters. The SMILES string of the molecule is C=C(O/C(=N\N)c1cc(C(=O)N(C)Cc2csc(Br)n2)cc(-c2ncco2)n1)[C@@H](C)Cc1ccccc1. The van der Waals surface area contributed by atoms with Crippen molar-refractivity contribution in [1.82, 2.24) is 19.9 Å². The third kappa shape index (κ3) is 6.69. The Bertz CT molecular complexity index is 1400. The van der Waals surface area contributed by atoms with Crippen LogP contribution in [-0.2, 0) is 17.7 Å². The molecule has 4 rings (SSSR count). The maximum atomic E-state index is 13.4. The number of thiazole rings is 1. The van der Waals surface area contributed by atoms with Crippen molar-refractivity contribution in [3.05, 3.63) is 99.1 Å². The van der Waals surface area contributed by atoms with E-state index in [9.17, 15) is 4.79 Å². The standard InChI is InChI=1S/C26H25BrN6O3S/c1-16(11-18-7-5-4-6-8-18)17(2)36-24(32-28)22-13-19(12-21(31-22)23-29-9-10-35-23)25(34)33(3)14-20-15-37-26(27)30-20/h4-10,12-13,15-16H,2,11,14,28H2,1,3H3/b32-24-/t16-/m0/s1. The summed E-state index contributed by atoms with van der Waals surface area (Å²) in [5.41, 5.74) is 2.84. The van der Waals surface area contributed by atoms with Gasteiger partial charge in [0.15, 0.2) is 3.92 Å². The van der Waals surface area contributed by atoms with Crippen molar-refractivity contribution in [3.63, 3.8) is 0 Å². The normalized spacial score (nSPS) is 12.2. The molecule has 0 aliphatic heterocycles. The van der Waals surface area contributed by atoms with E-state index in [0.29, 0.717) is 23.6 Å². The Balaban J connectivity index is 1.59. The number of carbonyl (C=O) groups is 1. The van der Waals surface area contributed by atoms with Gasteiger partial charge in [-0.3, -0.25) is 4.79 Å². The molecule has 0 unspecified atom stereocenters. The number of carbonyl (C=O) groups excluding carboxylic acids is 1. The van der Waals surface area contributed by atoms with E-state index in [1.165, 1.54) is 23.8 Å². The van der Waals surface area contributed by atoms with Crippen LogP contribution in [0, 0.1) is 5.92 Å². The Morgan fingerprint density at radius 3 is 2.73 bits per heavy atom. The summed E-state index contributed by atoms with van der Waals surface area (Å²) < 4.78 is 12.1. The van der Waals surface area contributed by atoms with Gasteiger partial charge < -0.3 is 19.9 Å². The van der Waals surface area contributed by atoms with E-state index in [1.54, 1.807) is 24.1 Å². The molecule has 1 aromatic carbocycles. The number of hydrogen-bond donors (Lipinski definition) is 1. The smallest absolute Gasteiger partial charge is 0.261 e. The molecule has 190 valence electrons. The summed E-state index contributed by atoms with van der Waals surface area (Å²) in [5.74, 6) is 6.16. The molecule has 11 heteroatoms. The Kier molecular flexibility index (Phi) is 8.47. The minimum Gasteiger partial charge on any atom is -0.443 e. The number of allylic oxidation sites excluding steroid dienone is 1. The fourth-order valence-electron chi connectivity index (χ4n) is 3.56. The zero-order chi connectivity index (χ0) is 26.4. The minimum atomic E-state index is -0.256. The van der Waals surface area contributed by atoms with Gasteiger partial charge in [0.05, 0.1) is 18.4 Å². The van der Waals surface area contributed by atoms with Crippen molar-refractivity contribution >= 4 is 39.1 Å². The molecule has 3 aromatic heterocycles. The van der Waals surface area contributed by atoms with Crippen LogP contribution in [0.4, 0.5) is 0 Å². The van der Waals surface area contributed by atoms with E-state index in [1.807, 2.05) is 42.6 Å². The molecular formula is C26H25BrN6O3S. The summed E-state index contributed by atoms with van der Waals surface area (Å²) in [6.07, 6.45) is 3.65. The minimum absolute atomic E-state index is 0.0263. The zero-order valence-electron chi connectivity index (χ0n) is 20.3. The average molecular weight is 581 g/mol. The summed E-state index contributed by atoms with van der Waals surface area (Å²) in [6.45, 7) is 6.40. The Morgan fingerprint density at radius 2 is 2.08 bits per heavy atom. The number of oxazole rings is 1.